The van der Waals surface area contributed by atoms with Crippen LogP contribution in [0.3, 0.4) is 0 Å². The Hall–Kier alpha value is -2.20. The Morgan fingerprint density at radius 2 is 1.95 bits per heavy atom. The Morgan fingerprint density at radius 1 is 1.15 bits per heavy atom. The van der Waals surface area contributed by atoms with Gasteiger partial charge in [-0.3, -0.25) is 4.99 Å². The van der Waals surface area contributed by atoms with E-state index in [4.69, 9.17) is 11.6 Å². The van der Waals surface area contributed by atoms with Crippen molar-refractivity contribution in [1.82, 2.24) is 0 Å². The zero-order valence-electron chi connectivity index (χ0n) is 10.7. The fraction of sp³-hybridized carbons (Fsp3) is 0.133. The van der Waals surface area contributed by atoms with Crippen molar-refractivity contribution < 1.29 is 0 Å². The first kappa shape index (κ1) is 12.8. The molecule has 3 rings (SSSR count). The van der Waals surface area contributed by atoms with Crippen LogP contribution in [0.2, 0.25) is 5.02 Å². The number of nitrogens with zero attached hydrogens (tertiary/aromatic N) is 3. The molecule has 0 fully saturated rings. The normalized spacial score (nSPS) is 14.2. The number of anilines is 1. The zero-order chi connectivity index (χ0) is 13.9. The van der Waals surface area contributed by atoms with Gasteiger partial charge in [0.25, 0.3) is 0 Å². The second-order valence-electron chi connectivity index (χ2n) is 4.46. The van der Waals surface area contributed by atoms with E-state index in [9.17, 15) is 4.91 Å². The molecule has 0 spiro atoms. The van der Waals surface area contributed by atoms with E-state index in [0.29, 0.717) is 18.1 Å². The summed E-state index contributed by atoms with van der Waals surface area (Å²) in [5, 5.41) is 5.11. The molecular formula is C15H12ClN3O. The highest BCUT2D eigenvalue weighted by Gasteiger charge is 2.20. The lowest BCUT2D eigenvalue weighted by atomic mass is 10.0. The molecule has 5 heteroatoms. The maximum absolute atomic E-state index is 11.0. The molecular weight excluding hydrogens is 274 g/mol. The molecule has 0 aromatic heterocycles. The molecule has 1 heterocycles. The van der Waals surface area contributed by atoms with Crippen LogP contribution < -0.4 is 5.01 Å². The summed E-state index contributed by atoms with van der Waals surface area (Å²) in [5.74, 6) is 0. The van der Waals surface area contributed by atoms with E-state index >= 15 is 0 Å². The van der Waals surface area contributed by atoms with Crippen LogP contribution in [0.25, 0.3) is 0 Å². The molecule has 0 aliphatic carbocycles. The largest absolute Gasteiger partial charge is 0.282 e. The van der Waals surface area contributed by atoms with Crippen molar-refractivity contribution >= 4 is 23.0 Å². The molecule has 1 aliphatic heterocycles. The van der Waals surface area contributed by atoms with Gasteiger partial charge < -0.3 is 0 Å². The predicted octanol–water partition coefficient (Wildman–Crippen LogP) is 3.68. The molecule has 2 aromatic rings. The lowest BCUT2D eigenvalue weighted by Crippen LogP contribution is -2.18. The minimum Gasteiger partial charge on any atom is -0.282 e. The number of aliphatic imine (C=N–C) groups is 1. The summed E-state index contributed by atoms with van der Waals surface area (Å²) in [7, 11) is 0. The maximum Gasteiger partial charge on any atom is 0.0741 e. The smallest absolute Gasteiger partial charge is 0.0741 e. The zero-order valence-corrected chi connectivity index (χ0v) is 11.4. The molecule has 0 amide bonds. The van der Waals surface area contributed by atoms with Gasteiger partial charge in [0.1, 0.15) is 0 Å². The molecule has 0 bridgehead atoms. The van der Waals surface area contributed by atoms with E-state index in [2.05, 4.69) is 10.3 Å². The van der Waals surface area contributed by atoms with Crippen molar-refractivity contribution in [2.24, 2.45) is 10.3 Å². The van der Waals surface area contributed by atoms with Gasteiger partial charge in [-0.2, -0.15) is 0 Å². The predicted molar refractivity (Wildman–Crippen MR) is 81.5 cm³/mol. The Kier molecular flexibility index (Phi) is 3.48. The maximum atomic E-state index is 11.0. The second kappa shape index (κ2) is 5.43. The van der Waals surface area contributed by atoms with E-state index in [-0.39, 0.29) is 0 Å². The van der Waals surface area contributed by atoms with Crippen molar-refractivity contribution in [1.29, 1.82) is 0 Å². The number of halogens is 1. The Morgan fingerprint density at radius 3 is 2.70 bits per heavy atom. The highest BCUT2D eigenvalue weighted by molar-refractivity contribution is 6.31. The van der Waals surface area contributed by atoms with Crippen molar-refractivity contribution in [3.63, 3.8) is 0 Å². The van der Waals surface area contributed by atoms with E-state index < -0.39 is 0 Å². The minimum atomic E-state index is 0.467. The molecule has 2 aromatic carbocycles. The van der Waals surface area contributed by atoms with Gasteiger partial charge in [-0.25, -0.2) is 5.01 Å². The highest BCUT2D eigenvalue weighted by Crippen LogP contribution is 2.29. The monoisotopic (exact) mass is 285 g/mol. The van der Waals surface area contributed by atoms with E-state index in [1.165, 1.54) is 5.01 Å². The third-order valence-corrected chi connectivity index (χ3v) is 3.45. The van der Waals surface area contributed by atoms with Crippen molar-refractivity contribution in [2.45, 2.75) is 0 Å². The molecule has 100 valence electrons. The van der Waals surface area contributed by atoms with Gasteiger partial charge in [0.15, 0.2) is 0 Å². The van der Waals surface area contributed by atoms with Gasteiger partial charge in [-0.1, -0.05) is 41.9 Å². The first-order valence-electron chi connectivity index (χ1n) is 6.30. The third-order valence-electron chi connectivity index (χ3n) is 3.22. The van der Waals surface area contributed by atoms with Crippen LogP contribution in [0.5, 0.6) is 0 Å². The van der Waals surface area contributed by atoms with Crippen LogP contribution in [0.4, 0.5) is 5.69 Å². The van der Waals surface area contributed by atoms with Crippen LogP contribution in [0, 0.1) is 4.91 Å². The average molecular weight is 286 g/mol. The molecule has 0 N–H and O–H groups in total. The average Bonchev–Trinajstić information content (AvgIpc) is 2.67. The number of benzodiazepines with no additional fused rings is 1. The van der Waals surface area contributed by atoms with Gasteiger partial charge in [-0.15, -0.1) is 4.91 Å². The van der Waals surface area contributed by atoms with Gasteiger partial charge in [0.05, 0.1) is 29.8 Å². The SMILES string of the molecule is O=NN1CCN=C(c2ccccc2)c2cc(Cl)ccc21. The number of rotatable bonds is 2. The van der Waals surface area contributed by atoms with Crippen LogP contribution in [0.15, 0.2) is 58.8 Å². The van der Waals surface area contributed by atoms with Crippen LogP contribution >= 0.6 is 11.6 Å². The first-order chi connectivity index (χ1) is 9.79. The third kappa shape index (κ3) is 2.30. The van der Waals surface area contributed by atoms with Crippen LogP contribution in [-0.4, -0.2) is 18.8 Å². The topological polar surface area (TPSA) is 45.0 Å². The second-order valence-corrected chi connectivity index (χ2v) is 4.90. The summed E-state index contributed by atoms with van der Waals surface area (Å²) >= 11 is 6.09. The number of fused-ring (bicyclic) bond motifs is 1. The summed E-state index contributed by atoms with van der Waals surface area (Å²) in [6.07, 6.45) is 0. The molecule has 0 saturated heterocycles. The van der Waals surface area contributed by atoms with Gasteiger partial charge >= 0.3 is 0 Å². The van der Waals surface area contributed by atoms with Gasteiger partial charge in [-0.05, 0) is 18.2 Å². The first-order valence-corrected chi connectivity index (χ1v) is 6.68. The Balaban J connectivity index is 2.19. The number of benzene rings is 2. The van der Waals surface area contributed by atoms with Gasteiger partial charge in [0, 0.05) is 16.1 Å². The standard InChI is InChI=1S/C15H12ClN3O/c16-12-6-7-14-13(10-12)15(11-4-2-1-3-5-11)17-8-9-19(14)18-20/h1-7,10H,8-9H2. The minimum absolute atomic E-state index is 0.467. The lowest BCUT2D eigenvalue weighted by molar-refractivity contribution is 0.837. The number of hydrogen-bond donors (Lipinski definition) is 0. The molecule has 0 atom stereocenters. The fourth-order valence-corrected chi connectivity index (χ4v) is 2.48. The molecule has 0 radical (unpaired) electrons. The number of hydrogen-bond acceptors (Lipinski definition) is 3. The molecule has 4 nitrogen and oxygen atoms in total. The Bertz CT molecular complexity index is 670. The van der Waals surface area contributed by atoms with Crippen molar-refractivity contribution in [3.05, 3.63) is 69.6 Å². The molecule has 0 unspecified atom stereocenters. The fourth-order valence-electron chi connectivity index (χ4n) is 2.31. The van der Waals surface area contributed by atoms with E-state index in [0.717, 1.165) is 22.5 Å². The number of nitroso groups, excluding NO2 is 1. The quantitative estimate of drug-likeness (QED) is 0.790. The lowest BCUT2D eigenvalue weighted by Gasteiger charge is -2.16. The Labute approximate surface area is 121 Å². The van der Waals surface area contributed by atoms with Crippen LogP contribution in [0.1, 0.15) is 11.1 Å². The summed E-state index contributed by atoms with van der Waals surface area (Å²) in [4.78, 5) is 15.6. The highest BCUT2D eigenvalue weighted by atomic mass is 35.5. The van der Waals surface area contributed by atoms with E-state index in [1.807, 2.05) is 42.5 Å². The molecule has 1 aliphatic rings. The molecule has 20 heavy (non-hydrogen) atoms. The summed E-state index contributed by atoms with van der Waals surface area (Å²) in [6.45, 7) is 0.983. The summed E-state index contributed by atoms with van der Waals surface area (Å²) < 4.78 is 0. The summed E-state index contributed by atoms with van der Waals surface area (Å²) in [5.41, 5.74) is 3.42. The van der Waals surface area contributed by atoms with Crippen LogP contribution in [-0.2, 0) is 0 Å². The van der Waals surface area contributed by atoms with Crippen molar-refractivity contribution in [3.8, 4) is 0 Å². The summed E-state index contributed by atoms with van der Waals surface area (Å²) in [6, 6.07) is 15.3. The van der Waals surface area contributed by atoms with Crippen molar-refractivity contribution in [2.75, 3.05) is 18.1 Å². The van der Waals surface area contributed by atoms with Gasteiger partial charge in [0.2, 0.25) is 0 Å². The molecule has 0 saturated carbocycles. The van der Waals surface area contributed by atoms with E-state index in [1.54, 1.807) is 6.07 Å².